The normalized spacial score (nSPS) is 10.7. The second kappa shape index (κ2) is 5.79. The summed E-state index contributed by atoms with van der Waals surface area (Å²) in [4.78, 5) is 4.04. The van der Waals surface area contributed by atoms with Gasteiger partial charge in [-0.3, -0.25) is 10.1 Å². The van der Waals surface area contributed by atoms with Gasteiger partial charge in [-0.2, -0.15) is 5.10 Å². The Kier molecular flexibility index (Phi) is 3.69. The van der Waals surface area contributed by atoms with Gasteiger partial charge in [0.1, 0.15) is 0 Å². The highest BCUT2D eigenvalue weighted by molar-refractivity contribution is 5.75. The van der Waals surface area contributed by atoms with Crippen molar-refractivity contribution in [3.8, 4) is 11.1 Å². The van der Waals surface area contributed by atoms with Crippen molar-refractivity contribution < 1.29 is 0 Å². The molecule has 3 aromatic rings. The number of aromatic amines is 1. The molecule has 0 aliphatic carbocycles. The van der Waals surface area contributed by atoms with E-state index in [1.54, 1.807) is 12.4 Å². The number of H-pyrrole nitrogens is 1. The Morgan fingerprint density at radius 3 is 2.43 bits per heavy atom. The lowest BCUT2D eigenvalue weighted by atomic mass is 10.0. The Bertz CT molecular complexity index is 714. The summed E-state index contributed by atoms with van der Waals surface area (Å²) in [6, 6.07) is 12.5. The molecule has 3 N–H and O–H groups in total. The SMILES string of the molecule is Cc1ccc(CCc2[nH]nc(N)c2-c2ccncc2)cc1. The Morgan fingerprint density at radius 2 is 1.71 bits per heavy atom. The quantitative estimate of drug-likeness (QED) is 0.770. The van der Waals surface area contributed by atoms with Crippen LogP contribution in [-0.2, 0) is 12.8 Å². The van der Waals surface area contributed by atoms with Crippen molar-refractivity contribution in [2.24, 2.45) is 0 Å². The van der Waals surface area contributed by atoms with E-state index < -0.39 is 0 Å². The van der Waals surface area contributed by atoms with Gasteiger partial charge in [0.15, 0.2) is 5.82 Å². The summed E-state index contributed by atoms with van der Waals surface area (Å²) in [6.45, 7) is 2.10. The van der Waals surface area contributed by atoms with Crippen molar-refractivity contribution >= 4 is 5.82 Å². The molecule has 1 aromatic carbocycles. The molecule has 106 valence electrons. The lowest BCUT2D eigenvalue weighted by Gasteiger charge is -2.05. The van der Waals surface area contributed by atoms with E-state index in [1.165, 1.54) is 11.1 Å². The number of nitrogens with zero attached hydrogens (tertiary/aromatic N) is 2. The van der Waals surface area contributed by atoms with E-state index in [-0.39, 0.29) is 0 Å². The number of aryl methyl sites for hydroxylation is 3. The second-order valence-corrected chi connectivity index (χ2v) is 5.18. The number of benzene rings is 1. The molecule has 0 radical (unpaired) electrons. The number of nitrogen functional groups attached to an aromatic ring is 1. The van der Waals surface area contributed by atoms with E-state index in [1.807, 2.05) is 12.1 Å². The number of hydrogen-bond acceptors (Lipinski definition) is 3. The van der Waals surface area contributed by atoms with Crippen LogP contribution in [0.2, 0.25) is 0 Å². The van der Waals surface area contributed by atoms with Gasteiger partial charge in [-0.15, -0.1) is 0 Å². The summed E-state index contributed by atoms with van der Waals surface area (Å²) in [5, 5.41) is 7.21. The summed E-state index contributed by atoms with van der Waals surface area (Å²) in [5.74, 6) is 0.542. The molecule has 0 bridgehead atoms. The highest BCUT2D eigenvalue weighted by Crippen LogP contribution is 2.28. The van der Waals surface area contributed by atoms with Crippen molar-refractivity contribution in [1.29, 1.82) is 0 Å². The van der Waals surface area contributed by atoms with E-state index in [0.717, 1.165) is 29.7 Å². The highest BCUT2D eigenvalue weighted by atomic mass is 15.2. The molecule has 3 rings (SSSR count). The Labute approximate surface area is 124 Å². The molecule has 0 aliphatic rings. The highest BCUT2D eigenvalue weighted by Gasteiger charge is 2.12. The van der Waals surface area contributed by atoms with Crippen LogP contribution in [0.1, 0.15) is 16.8 Å². The molecule has 4 heteroatoms. The summed E-state index contributed by atoms with van der Waals surface area (Å²) in [7, 11) is 0. The van der Waals surface area contributed by atoms with Crippen LogP contribution in [0, 0.1) is 6.92 Å². The van der Waals surface area contributed by atoms with Crippen molar-refractivity contribution in [2.45, 2.75) is 19.8 Å². The third-order valence-electron chi connectivity index (χ3n) is 3.62. The molecule has 0 aliphatic heterocycles. The first-order chi connectivity index (χ1) is 10.2. The maximum atomic E-state index is 6.00. The van der Waals surface area contributed by atoms with Crippen LogP contribution < -0.4 is 5.73 Å². The van der Waals surface area contributed by atoms with Crippen molar-refractivity contribution in [2.75, 3.05) is 5.73 Å². The smallest absolute Gasteiger partial charge is 0.153 e. The second-order valence-electron chi connectivity index (χ2n) is 5.18. The van der Waals surface area contributed by atoms with Crippen LogP contribution in [0.3, 0.4) is 0 Å². The summed E-state index contributed by atoms with van der Waals surface area (Å²) in [5.41, 5.74) is 11.7. The van der Waals surface area contributed by atoms with Gasteiger partial charge in [0, 0.05) is 23.7 Å². The zero-order valence-corrected chi connectivity index (χ0v) is 12.0. The van der Waals surface area contributed by atoms with Crippen LogP contribution >= 0.6 is 0 Å². The molecule has 0 atom stereocenters. The van der Waals surface area contributed by atoms with Crippen LogP contribution in [0.4, 0.5) is 5.82 Å². The Balaban J connectivity index is 1.82. The average Bonchev–Trinajstić information content (AvgIpc) is 2.88. The standard InChI is InChI=1S/C17H18N4/c1-12-2-4-13(5-3-12)6-7-15-16(17(18)21-20-15)14-8-10-19-11-9-14/h2-5,8-11H,6-7H2,1H3,(H3,18,20,21). The summed E-state index contributed by atoms with van der Waals surface area (Å²) < 4.78 is 0. The van der Waals surface area contributed by atoms with Crippen LogP contribution in [0.15, 0.2) is 48.8 Å². The van der Waals surface area contributed by atoms with Gasteiger partial charge in [0.05, 0.1) is 0 Å². The van der Waals surface area contributed by atoms with E-state index in [9.17, 15) is 0 Å². The summed E-state index contributed by atoms with van der Waals surface area (Å²) in [6.07, 6.45) is 5.38. The molecule has 21 heavy (non-hydrogen) atoms. The van der Waals surface area contributed by atoms with Crippen LogP contribution in [-0.4, -0.2) is 15.2 Å². The first-order valence-electron chi connectivity index (χ1n) is 7.02. The number of pyridine rings is 1. The monoisotopic (exact) mass is 278 g/mol. The fourth-order valence-corrected chi connectivity index (χ4v) is 2.44. The molecule has 0 amide bonds. The topological polar surface area (TPSA) is 67.6 Å². The third kappa shape index (κ3) is 2.94. The van der Waals surface area contributed by atoms with Crippen LogP contribution in [0.5, 0.6) is 0 Å². The van der Waals surface area contributed by atoms with Gasteiger partial charge >= 0.3 is 0 Å². The minimum absolute atomic E-state index is 0.542. The number of nitrogens with two attached hydrogens (primary N) is 1. The Hall–Kier alpha value is -2.62. The predicted octanol–water partition coefficient (Wildman–Crippen LogP) is 3.15. The average molecular weight is 278 g/mol. The van der Waals surface area contributed by atoms with Gasteiger partial charge in [0.2, 0.25) is 0 Å². The zero-order valence-electron chi connectivity index (χ0n) is 12.0. The molecule has 0 unspecified atom stereocenters. The first kappa shape index (κ1) is 13.4. The molecule has 4 nitrogen and oxygen atoms in total. The number of nitrogens with one attached hydrogen (secondary N) is 1. The maximum Gasteiger partial charge on any atom is 0.153 e. The fourth-order valence-electron chi connectivity index (χ4n) is 2.44. The van der Waals surface area contributed by atoms with Gasteiger partial charge in [-0.05, 0) is 43.0 Å². The molecular weight excluding hydrogens is 260 g/mol. The number of hydrogen-bond donors (Lipinski definition) is 2. The predicted molar refractivity (Wildman–Crippen MR) is 84.8 cm³/mol. The van der Waals surface area contributed by atoms with Gasteiger partial charge < -0.3 is 5.73 Å². The zero-order chi connectivity index (χ0) is 14.7. The van der Waals surface area contributed by atoms with Crippen molar-refractivity contribution in [1.82, 2.24) is 15.2 Å². The largest absolute Gasteiger partial charge is 0.382 e. The molecule has 2 heterocycles. The van der Waals surface area contributed by atoms with E-state index >= 15 is 0 Å². The van der Waals surface area contributed by atoms with Gasteiger partial charge in [0.25, 0.3) is 0 Å². The first-order valence-corrected chi connectivity index (χ1v) is 7.02. The third-order valence-corrected chi connectivity index (χ3v) is 3.62. The molecule has 0 spiro atoms. The maximum absolute atomic E-state index is 6.00. The minimum atomic E-state index is 0.542. The fraction of sp³-hybridized carbons (Fsp3) is 0.176. The van der Waals surface area contributed by atoms with Gasteiger partial charge in [-0.1, -0.05) is 29.8 Å². The molecule has 2 aromatic heterocycles. The van der Waals surface area contributed by atoms with Crippen LogP contribution in [0.25, 0.3) is 11.1 Å². The molecule has 0 saturated carbocycles. The minimum Gasteiger partial charge on any atom is -0.382 e. The summed E-state index contributed by atoms with van der Waals surface area (Å²) >= 11 is 0. The van der Waals surface area contributed by atoms with Gasteiger partial charge in [-0.25, -0.2) is 0 Å². The Morgan fingerprint density at radius 1 is 1.00 bits per heavy atom. The number of aromatic nitrogens is 3. The lowest BCUT2D eigenvalue weighted by Crippen LogP contribution is -1.95. The van der Waals surface area contributed by atoms with Crippen molar-refractivity contribution in [3.63, 3.8) is 0 Å². The molecular formula is C17H18N4. The number of rotatable bonds is 4. The van der Waals surface area contributed by atoms with E-state index in [4.69, 9.17) is 5.73 Å². The number of anilines is 1. The van der Waals surface area contributed by atoms with E-state index in [2.05, 4.69) is 46.4 Å². The molecule has 0 fully saturated rings. The van der Waals surface area contributed by atoms with Crippen molar-refractivity contribution in [3.05, 3.63) is 65.6 Å². The lowest BCUT2D eigenvalue weighted by molar-refractivity contribution is 0.894. The molecule has 0 saturated heterocycles. The van der Waals surface area contributed by atoms with E-state index in [0.29, 0.717) is 5.82 Å².